The molecule has 3 aromatic rings. The molecule has 0 saturated heterocycles. The van der Waals surface area contributed by atoms with E-state index in [0.29, 0.717) is 23.4 Å². The number of aromatic nitrogens is 1. The highest BCUT2D eigenvalue weighted by Gasteiger charge is 2.13. The number of nitro groups is 1. The first-order chi connectivity index (χ1) is 12.9. The molecule has 0 aliphatic carbocycles. The van der Waals surface area contributed by atoms with Crippen molar-refractivity contribution in [2.24, 2.45) is 0 Å². The fraction of sp³-hybridized carbons (Fsp3) is 0.158. The van der Waals surface area contributed by atoms with Gasteiger partial charge in [-0.1, -0.05) is 6.07 Å². The quantitative estimate of drug-likeness (QED) is 0.390. The summed E-state index contributed by atoms with van der Waals surface area (Å²) in [5.41, 5.74) is 1.26. The van der Waals surface area contributed by atoms with Gasteiger partial charge in [0.15, 0.2) is 5.43 Å². The van der Waals surface area contributed by atoms with E-state index >= 15 is 0 Å². The summed E-state index contributed by atoms with van der Waals surface area (Å²) in [6.07, 6.45) is 1.62. The van der Waals surface area contributed by atoms with Gasteiger partial charge in [0.25, 0.3) is 5.69 Å². The Hall–Kier alpha value is -3.68. The van der Waals surface area contributed by atoms with E-state index in [1.54, 1.807) is 35.0 Å². The second-order valence-electron chi connectivity index (χ2n) is 5.78. The third kappa shape index (κ3) is 3.50. The van der Waals surface area contributed by atoms with Crippen LogP contribution in [0.25, 0.3) is 10.9 Å². The molecular formula is C19H16N2O6. The summed E-state index contributed by atoms with van der Waals surface area (Å²) in [6, 6.07) is 10.5. The van der Waals surface area contributed by atoms with Crippen LogP contribution in [0.15, 0.2) is 53.5 Å². The fourth-order valence-corrected chi connectivity index (χ4v) is 2.85. The van der Waals surface area contributed by atoms with Crippen LogP contribution in [0, 0.1) is 10.1 Å². The van der Waals surface area contributed by atoms with Crippen LogP contribution in [-0.4, -0.2) is 29.7 Å². The lowest BCUT2D eigenvalue weighted by Crippen LogP contribution is -2.10. The van der Waals surface area contributed by atoms with Gasteiger partial charge in [-0.05, 0) is 18.2 Å². The Morgan fingerprint density at radius 1 is 1.15 bits per heavy atom. The highest BCUT2D eigenvalue weighted by Crippen LogP contribution is 2.24. The SMILES string of the molecule is COC(=O)c1ccc(Cn2ccc(=O)c3cc([N+](=O)[O-])ccc32)c(OC)c1. The Morgan fingerprint density at radius 3 is 2.59 bits per heavy atom. The van der Waals surface area contributed by atoms with Crippen LogP contribution in [-0.2, 0) is 11.3 Å². The first-order valence-corrected chi connectivity index (χ1v) is 7.97. The summed E-state index contributed by atoms with van der Waals surface area (Å²) < 4.78 is 11.9. The molecule has 27 heavy (non-hydrogen) atoms. The van der Waals surface area contributed by atoms with E-state index in [0.717, 1.165) is 5.56 Å². The number of ether oxygens (including phenoxy) is 2. The van der Waals surface area contributed by atoms with E-state index in [2.05, 4.69) is 0 Å². The normalized spacial score (nSPS) is 10.6. The van der Waals surface area contributed by atoms with Crippen LogP contribution in [0.4, 0.5) is 5.69 Å². The summed E-state index contributed by atoms with van der Waals surface area (Å²) >= 11 is 0. The van der Waals surface area contributed by atoms with Gasteiger partial charge in [-0.25, -0.2) is 4.79 Å². The van der Waals surface area contributed by atoms with Crippen molar-refractivity contribution in [3.05, 3.63) is 80.1 Å². The molecule has 0 atom stereocenters. The van der Waals surface area contributed by atoms with Crippen molar-refractivity contribution in [3.63, 3.8) is 0 Å². The van der Waals surface area contributed by atoms with Crippen LogP contribution in [0.2, 0.25) is 0 Å². The summed E-state index contributed by atoms with van der Waals surface area (Å²) in [5, 5.41) is 11.2. The molecule has 0 spiro atoms. The zero-order valence-electron chi connectivity index (χ0n) is 14.7. The zero-order valence-corrected chi connectivity index (χ0v) is 14.7. The molecule has 0 saturated carbocycles. The van der Waals surface area contributed by atoms with E-state index in [1.165, 1.54) is 32.4 Å². The maximum absolute atomic E-state index is 12.1. The van der Waals surface area contributed by atoms with Gasteiger partial charge in [0.05, 0.1) is 42.2 Å². The third-order valence-corrected chi connectivity index (χ3v) is 4.22. The number of hydrogen-bond acceptors (Lipinski definition) is 6. The molecule has 0 N–H and O–H groups in total. The van der Waals surface area contributed by atoms with Crippen LogP contribution in [0.1, 0.15) is 15.9 Å². The maximum Gasteiger partial charge on any atom is 0.337 e. The number of pyridine rings is 1. The smallest absolute Gasteiger partial charge is 0.337 e. The molecule has 8 nitrogen and oxygen atoms in total. The molecule has 0 radical (unpaired) electrons. The third-order valence-electron chi connectivity index (χ3n) is 4.22. The average Bonchev–Trinajstić information content (AvgIpc) is 2.69. The zero-order chi connectivity index (χ0) is 19.6. The molecule has 3 rings (SSSR count). The number of nitrogens with zero attached hydrogens (tertiary/aromatic N) is 2. The van der Waals surface area contributed by atoms with Crippen molar-refractivity contribution in [1.29, 1.82) is 0 Å². The van der Waals surface area contributed by atoms with Crippen molar-refractivity contribution in [2.75, 3.05) is 14.2 Å². The number of hydrogen-bond donors (Lipinski definition) is 0. The number of benzene rings is 2. The van der Waals surface area contributed by atoms with Crippen LogP contribution in [0.3, 0.4) is 0 Å². The van der Waals surface area contributed by atoms with Gasteiger partial charge in [0, 0.05) is 30.0 Å². The largest absolute Gasteiger partial charge is 0.496 e. The molecule has 8 heteroatoms. The van der Waals surface area contributed by atoms with Crippen LogP contribution in [0.5, 0.6) is 5.75 Å². The van der Waals surface area contributed by atoms with Gasteiger partial charge >= 0.3 is 5.97 Å². The maximum atomic E-state index is 12.1. The first kappa shape index (κ1) is 18.1. The standard InChI is InChI=1S/C19H16N2O6/c1-26-18-9-12(19(23)27-2)3-4-13(18)11-20-8-7-17(22)15-10-14(21(24)25)5-6-16(15)20/h3-10H,11H2,1-2H3. The van der Waals surface area contributed by atoms with Gasteiger partial charge < -0.3 is 14.0 Å². The number of carbonyl (C=O) groups is 1. The van der Waals surface area contributed by atoms with Gasteiger partial charge in [-0.15, -0.1) is 0 Å². The number of fused-ring (bicyclic) bond motifs is 1. The minimum absolute atomic E-state index is 0.141. The lowest BCUT2D eigenvalue weighted by molar-refractivity contribution is -0.384. The molecule has 0 bridgehead atoms. The minimum Gasteiger partial charge on any atom is -0.496 e. The average molecular weight is 368 g/mol. The molecule has 0 aliphatic rings. The van der Waals surface area contributed by atoms with Gasteiger partial charge in [-0.3, -0.25) is 14.9 Å². The lowest BCUT2D eigenvalue weighted by Gasteiger charge is -2.14. The predicted molar refractivity (Wildman–Crippen MR) is 98.3 cm³/mol. The molecule has 1 heterocycles. The van der Waals surface area contributed by atoms with E-state index in [-0.39, 0.29) is 16.5 Å². The summed E-state index contributed by atoms with van der Waals surface area (Å²) in [4.78, 5) is 34.2. The highest BCUT2D eigenvalue weighted by molar-refractivity contribution is 5.90. The molecule has 2 aromatic carbocycles. The lowest BCUT2D eigenvalue weighted by atomic mass is 10.1. The highest BCUT2D eigenvalue weighted by atomic mass is 16.6. The summed E-state index contributed by atoms with van der Waals surface area (Å²) in [6.45, 7) is 0.346. The Kier molecular flexibility index (Phi) is 4.89. The monoisotopic (exact) mass is 368 g/mol. The van der Waals surface area contributed by atoms with Gasteiger partial charge in [-0.2, -0.15) is 0 Å². The number of methoxy groups -OCH3 is 2. The van der Waals surface area contributed by atoms with Crippen LogP contribution < -0.4 is 10.2 Å². The topological polar surface area (TPSA) is 101 Å². The first-order valence-electron chi connectivity index (χ1n) is 7.97. The van der Waals surface area contributed by atoms with E-state index in [9.17, 15) is 19.7 Å². The molecule has 0 unspecified atom stereocenters. The molecule has 138 valence electrons. The molecule has 1 aromatic heterocycles. The van der Waals surface area contributed by atoms with Crippen LogP contribution >= 0.6 is 0 Å². The van der Waals surface area contributed by atoms with Gasteiger partial charge in [0.2, 0.25) is 0 Å². The van der Waals surface area contributed by atoms with E-state index in [1.807, 2.05) is 0 Å². The second kappa shape index (κ2) is 7.28. The fourth-order valence-electron chi connectivity index (χ4n) is 2.85. The molecule has 0 aliphatic heterocycles. The Labute approximate surface area is 153 Å². The number of rotatable bonds is 5. The molecule has 0 fully saturated rings. The minimum atomic E-state index is -0.537. The number of esters is 1. The molecular weight excluding hydrogens is 352 g/mol. The van der Waals surface area contributed by atoms with Crippen molar-refractivity contribution >= 4 is 22.6 Å². The summed E-state index contributed by atoms with van der Waals surface area (Å²) in [7, 11) is 2.79. The van der Waals surface area contributed by atoms with Crippen molar-refractivity contribution < 1.29 is 19.2 Å². The predicted octanol–water partition coefficient (Wildman–Crippen LogP) is 2.75. The van der Waals surface area contributed by atoms with Crippen molar-refractivity contribution in [3.8, 4) is 5.75 Å². The number of nitro benzene ring substituents is 1. The van der Waals surface area contributed by atoms with E-state index < -0.39 is 10.9 Å². The Balaban J connectivity index is 2.07. The Bertz CT molecular complexity index is 1100. The number of non-ortho nitro benzene ring substituents is 1. The second-order valence-corrected chi connectivity index (χ2v) is 5.78. The van der Waals surface area contributed by atoms with Crippen molar-refractivity contribution in [1.82, 2.24) is 4.57 Å². The summed E-state index contributed by atoms with van der Waals surface area (Å²) in [5.74, 6) is 0.0210. The van der Waals surface area contributed by atoms with Crippen molar-refractivity contribution in [2.45, 2.75) is 6.54 Å². The van der Waals surface area contributed by atoms with E-state index in [4.69, 9.17) is 9.47 Å². The molecule has 0 amide bonds. The Morgan fingerprint density at radius 2 is 1.93 bits per heavy atom. The van der Waals surface area contributed by atoms with Gasteiger partial charge in [0.1, 0.15) is 5.75 Å². The number of carbonyl (C=O) groups excluding carboxylic acids is 1.